The molecule has 11 nitrogen and oxygen atoms in total. The SMILES string of the molecule is Cn1cc(NC(=O)CN=C(N)N)cc1-c1nc2ccc(C(=O)Nc3ccc(N(CCCl)CCCl)c(Cl)c3)cc2[nH]1. The van der Waals surface area contributed by atoms with Crippen molar-refractivity contribution < 1.29 is 9.59 Å². The smallest absolute Gasteiger partial charge is 0.255 e. The molecule has 2 heterocycles. The van der Waals surface area contributed by atoms with Crippen LogP contribution in [0.3, 0.4) is 0 Å². The van der Waals surface area contributed by atoms with Gasteiger partial charge in [0.25, 0.3) is 5.91 Å². The molecule has 4 rings (SSSR count). The van der Waals surface area contributed by atoms with Gasteiger partial charge in [0.2, 0.25) is 5.91 Å². The number of aryl methyl sites for hydroxylation is 1. The van der Waals surface area contributed by atoms with Crippen LogP contribution in [0.2, 0.25) is 5.02 Å². The lowest BCUT2D eigenvalue weighted by Crippen LogP contribution is -2.27. The number of benzene rings is 2. The third-order valence-corrected chi connectivity index (χ3v) is 6.58. The zero-order valence-electron chi connectivity index (χ0n) is 21.5. The Morgan fingerprint density at radius 1 is 1.05 bits per heavy atom. The molecule has 0 spiro atoms. The van der Waals surface area contributed by atoms with Gasteiger partial charge in [-0.3, -0.25) is 9.59 Å². The van der Waals surface area contributed by atoms with Crippen LogP contribution in [0.1, 0.15) is 10.4 Å². The summed E-state index contributed by atoms with van der Waals surface area (Å²) in [4.78, 5) is 38.6. The van der Waals surface area contributed by atoms with Crippen molar-refractivity contribution in [3.63, 3.8) is 0 Å². The molecular weight excluding hydrogens is 577 g/mol. The Morgan fingerprint density at radius 2 is 1.80 bits per heavy atom. The summed E-state index contributed by atoms with van der Waals surface area (Å²) in [6.07, 6.45) is 1.75. The minimum Gasteiger partial charge on any atom is -0.370 e. The predicted octanol–water partition coefficient (Wildman–Crippen LogP) is 3.97. The van der Waals surface area contributed by atoms with Crippen LogP contribution in [0.15, 0.2) is 53.7 Å². The van der Waals surface area contributed by atoms with Gasteiger partial charge < -0.3 is 36.6 Å². The number of carbonyl (C=O) groups excluding carboxylic acids is 2. The molecule has 40 heavy (non-hydrogen) atoms. The number of guanidine groups is 1. The van der Waals surface area contributed by atoms with Gasteiger partial charge in [-0.15, -0.1) is 23.2 Å². The van der Waals surface area contributed by atoms with Gasteiger partial charge in [0.05, 0.1) is 33.1 Å². The van der Waals surface area contributed by atoms with E-state index in [1.165, 1.54) is 0 Å². The number of hydrogen-bond acceptors (Lipinski definition) is 5. The summed E-state index contributed by atoms with van der Waals surface area (Å²) in [5.74, 6) is 0.626. The summed E-state index contributed by atoms with van der Waals surface area (Å²) >= 11 is 18.3. The average molecular weight is 605 g/mol. The van der Waals surface area contributed by atoms with Gasteiger partial charge in [-0.1, -0.05) is 11.6 Å². The van der Waals surface area contributed by atoms with Crippen LogP contribution in [0, 0.1) is 0 Å². The van der Waals surface area contributed by atoms with Crippen LogP contribution in [-0.4, -0.2) is 63.7 Å². The van der Waals surface area contributed by atoms with E-state index in [0.29, 0.717) is 63.7 Å². The molecule has 0 aliphatic rings. The summed E-state index contributed by atoms with van der Waals surface area (Å²) in [6, 6.07) is 12.3. The first-order valence-electron chi connectivity index (χ1n) is 12.2. The molecule has 14 heteroatoms. The van der Waals surface area contributed by atoms with Gasteiger partial charge in [-0.25, -0.2) is 9.98 Å². The van der Waals surface area contributed by atoms with Gasteiger partial charge in [-0.2, -0.15) is 0 Å². The molecule has 0 radical (unpaired) electrons. The number of aromatic nitrogens is 3. The summed E-state index contributed by atoms with van der Waals surface area (Å²) < 4.78 is 1.82. The minimum absolute atomic E-state index is 0.159. The number of hydrogen-bond donors (Lipinski definition) is 5. The lowest BCUT2D eigenvalue weighted by atomic mass is 10.1. The van der Waals surface area contributed by atoms with Crippen LogP contribution in [-0.2, 0) is 11.8 Å². The fourth-order valence-electron chi connectivity index (χ4n) is 4.11. The lowest BCUT2D eigenvalue weighted by Gasteiger charge is -2.24. The molecule has 0 saturated carbocycles. The Kier molecular flexibility index (Phi) is 9.41. The van der Waals surface area contributed by atoms with Crippen molar-refractivity contribution in [3.8, 4) is 11.5 Å². The number of fused-ring (bicyclic) bond motifs is 1. The largest absolute Gasteiger partial charge is 0.370 e. The molecule has 0 atom stereocenters. The highest BCUT2D eigenvalue weighted by Crippen LogP contribution is 2.30. The molecule has 2 aromatic heterocycles. The third-order valence-electron chi connectivity index (χ3n) is 5.94. The van der Waals surface area contributed by atoms with Crippen molar-refractivity contribution in [1.82, 2.24) is 14.5 Å². The molecule has 0 bridgehead atoms. The molecule has 0 fully saturated rings. The van der Waals surface area contributed by atoms with E-state index in [1.807, 2.05) is 22.6 Å². The number of imidazole rings is 1. The monoisotopic (exact) mass is 603 g/mol. The van der Waals surface area contributed by atoms with Crippen molar-refractivity contribution in [2.24, 2.45) is 23.5 Å². The van der Waals surface area contributed by atoms with E-state index in [9.17, 15) is 9.59 Å². The minimum atomic E-state index is -0.357. The van der Waals surface area contributed by atoms with Crippen LogP contribution >= 0.6 is 34.8 Å². The molecule has 0 aliphatic carbocycles. The Morgan fingerprint density at radius 3 is 2.48 bits per heavy atom. The fraction of sp³-hybridized carbons (Fsp3) is 0.231. The van der Waals surface area contributed by atoms with Crippen molar-refractivity contribution in [1.29, 1.82) is 0 Å². The second-order valence-corrected chi connectivity index (χ2v) is 9.98. The number of amides is 2. The second kappa shape index (κ2) is 12.9. The molecular formula is C26H28Cl3N9O2. The highest BCUT2D eigenvalue weighted by atomic mass is 35.5. The summed E-state index contributed by atoms with van der Waals surface area (Å²) in [5.41, 5.74) is 15.0. The molecule has 0 saturated heterocycles. The third kappa shape index (κ3) is 6.98. The number of nitrogens with two attached hydrogens (primary N) is 2. The number of anilines is 3. The Bertz CT molecular complexity index is 1550. The van der Waals surface area contributed by atoms with Crippen LogP contribution < -0.4 is 27.0 Å². The number of rotatable bonds is 11. The van der Waals surface area contributed by atoms with Gasteiger partial charge >= 0.3 is 0 Å². The van der Waals surface area contributed by atoms with E-state index in [4.69, 9.17) is 46.3 Å². The number of nitrogens with zero attached hydrogens (tertiary/aromatic N) is 4. The van der Waals surface area contributed by atoms with E-state index in [2.05, 4.69) is 25.6 Å². The van der Waals surface area contributed by atoms with E-state index in [-0.39, 0.29) is 24.3 Å². The average Bonchev–Trinajstić information content (AvgIpc) is 3.49. The van der Waals surface area contributed by atoms with E-state index in [1.54, 1.807) is 42.6 Å². The zero-order valence-corrected chi connectivity index (χ0v) is 23.8. The topological polar surface area (TPSA) is 159 Å². The summed E-state index contributed by atoms with van der Waals surface area (Å²) in [5, 5.41) is 6.10. The Labute approximate surface area is 245 Å². The molecule has 0 aliphatic heterocycles. The molecule has 0 unspecified atom stereocenters. The number of H-pyrrole nitrogens is 1. The standard InChI is InChI=1S/C26H28Cl3N9O2/c1-37-14-17(33-23(39)13-32-26(30)31)12-22(37)24-35-19-4-2-15(10-20(19)36-24)25(40)34-16-3-5-21(18(29)11-16)38(8-6-27)9-7-28/h2-5,10-12,14H,6-9,13H2,1H3,(H,33,39)(H,34,40)(H,35,36)(H4,30,31,32). The highest BCUT2D eigenvalue weighted by Gasteiger charge is 2.15. The maximum Gasteiger partial charge on any atom is 0.255 e. The van der Waals surface area contributed by atoms with Crippen molar-refractivity contribution in [2.75, 3.05) is 46.9 Å². The number of nitrogens with one attached hydrogen (secondary N) is 3. The number of aliphatic imine (C=N–C) groups is 1. The maximum absolute atomic E-state index is 13.0. The zero-order chi connectivity index (χ0) is 28.8. The number of alkyl halides is 2. The van der Waals surface area contributed by atoms with E-state index in [0.717, 1.165) is 11.4 Å². The first-order valence-corrected chi connectivity index (χ1v) is 13.6. The van der Waals surface area contributed by atoms with E-state index >= 15 is 0 Å². The first-order chi connectivity index (χ1) is 19.2. The molecule has 2 amide bonds. The van der Waals surface area contributed by atoms with Crippen molar-refractivity contribution in [2.45, 2.75) is 0 Å². The van der Waals surface area contributed by atoms with Gasteiger partial charge in [-0.05, 0) is 42.5 Å². The Hall–Kier alpha value is -3.93. The van der Waals surface area contributed by atoms with Crippen LogP contribution in [0.25, 0.3) is 22.6 Å². The van der Waals surface area contributed by atoms with Crippen LogP contribution in [0.5, 0.6) is 0 Å². The summed E-state index contributed by atoms with van der Waals surface area (Å²) in [6.45, 7) is 1.02. The first kappa shape index (κ1) is 29.1. The second-order valence-electron chi connectivity index (χ2n) is 8.82. The molecule has 210 valence electrons. The predicted molar refractivity (Wildman–Crippen MR) is 163 cm³/mol. The molecule has 2 aromatic carbocycles. The highest BCUT2D eigenvalue weighted by molar-refractivity contribution is 6.33. The number of aromatic amines is 1. The number of carbonyl (C=O) groups is 2. The van der Waals surface area contributed by atoms with Crippen LogP contribution in [0.4, 0.5) is 17.1 Å². The fourth-order valence-corrected chi connectivity index (χ4v) is 4.81. The quantitative estimate of drug-likeness (QED) is 0.0989. The summed E-state index contributed by atoms with van der Waals surface area (Å²) in [7, 11) is 1.83. The number of halogens is 3. The van der Waals surface area contributed by atoms with E-state index < -0.39 is 0 Å². The normalized spacial score (nSPS) is 10.9. The Balaban J connectivity index is 1.49. The van der Waals surface area contributed by atoms with Crippen molar-refractivity contribution >= 4 is 80.7 Å². The lowest BCUT2D eigenvalue weighted by molar-refractivity contribution is -0.114. The maximum atomic E-state index is 13.0. The van der Waals surface area contributed by atoms with Gasteiger partial charge in [0, 0.05) is 49.3 Å². The molecule has 4 aromatic rings. The molecule has 7 N–H and O–H groups in total. The van der Waals surface area contributed by atoms with Gasteiger partial charge in [0.1, 0.15) is 6.54 Å². The van der Waals surface area contributed by atoms with Gasteiger partial charge in [0.15, 0.2) is 11.8 Å². The van der Waals surface area contributed by atoms with Crippen molar-refractivity contribution in [3.05, 3.63) is 59.2 Å².